The molecule has 1 atom stereocenters. The highest BCUT2D eigenvalue weighted by Gasteiger charge is 1.93. The molecule has 0 fully saturated rings. The van der Waals surface area contributed by atoms with Gasteiger partial charge in [0.05, 0.1) is 0 Å². The highest BCUT2D eigenvalue weighted by molar-refractivity contribution is 5.17. The van der Waals surface area contributed by atoms with Crippen LogP contribution in [0.2, 0.25) is 0 Å². The Morgan fingerprint density at radius 2 is 1.00 bits per heavy atom. The second-order valence-corrected chi connectivity index (χ2v) is 14.1. The van der Waals surface area contributed by atoms with Gasteiger partial charge < -0.3 is 0 Å². The quantitative estimate of drug-likeness (QED) is 0.0879. The maximum atomic E-state index is 3.93. The predicted octanol–water partition coefficient (Wildman–Crippen LogP) is 17.6. The van der Waals surface area contributed by atoms with Gasteiger partial charge in [-0.05, 0) is 140 Å². The van der Waals surface area contributed by atoms with Crippen molar-refractivity contribution in [3.63, 3.8) is 0 Å². The van der Waals surface area contributed by atoms with Crippen LogP contribution in [0.25, 0.3) is 0 Å². The topological polar surface area (TPSA) is 0 Å². The molecule has 0 saturated heterocycles. The fourth-order valence-electron chi connectivity index (χ4n) is 3.83. The number of hydrogen-bond acceptors (Lipinski definition) is 0. The van der Waals surface area contributed by atoms with Crippen LogP contribution in [0.4, 0.5) is 0 Å². The molecule has 0 saturated carbocycles. The molecule has 0 bridgehead atoms. The molecule has 0 aromatic rings. The molecule has 0 aliphatic rings. The molecule has 0 nitrogen and oxygen atoms in total. The Morgan fingerprint density at radius 1 is 0.529 bits per heavy atom. The monoisotopic (exact) mass is 695 g/mol. The van der Waals surface area contributed by atoms with Gasteiger partial charge in [-0.3, -0.25) is 0 Å². The molecular weight excluding hydrogens is 613 g/mol. The van der Waals surface area contributed by atoms with Crippen molar-refractivity contribution in [3.05, 3.63) is 168 Å². The molecular formula is C51H82. The van der Waals surface area contributed by atoms with Crippen molar-refractivity contribution in [2.75, 3.05) is 0 Å². The van der Waals surface area contributed by atoms with E-state index < -0.39 is 0 Å². The van der Waals surface area contributed by atoms with E-state index in [1.54, 1.807) is 0 Å². The van der Waals surface area contributed by atoms with Crippen molar-refractivity contribution in [1.82, 2.24) is 0 Å². The summed E-state index contributed by atoms with van der Waals surface area (Å²) >= 11 is 0. The summed E-state index contributed by atoms with van der Waals surface area (Å²) in [5.74, 6) is 0.482. The molecule has 0 aromatic carbocycles. The van der Waals surface area contributed by atoms with Crippen molar-refractivity contribution in [3.8, 4) is 0 Å². The summed E-state index contributed by atoms with van der Waals surface area (Å²) in [4.78, 5) is 0. The van der Waals surface area contributed by atoms with E-state index in [4.69, 9.17) is 0 Å². The van der Waals surface area contributed by atoms with Crippen LogP contribution < -0.4 is 0 Å². The van der Waals surface area contributed by atoms with Gasteiger partial charge in [0.2, 0.25) is 0 Å². The second kappa shape index (κ2) is 39.2. The van der Waals surface area contributed by atoms with Crippen molar-refractivity contribution >= 4 is 0 Å². The van der Waals surface area contributed by atoms with Crippen LogP contribution in [0.1, 0.15) is 148 Å². The zero-order chi connectivity index (χ0) is 40.0. The van der Waals surface area contributed by atoms with E-state index in [2.05, 4.69) is 184 Å². The third-order valence-corrected chi connectivity index (χ3v) is 7.45. The van der Waals surface area contributed by atoms with Crippen LogP contribution in [-0.4, -0.2) is 0 Å². The minimum Gasteiger partial charge on any atom is -0.102 e. The second-order valence-electron chi connectivity index (χ2n) is 14.1. The van der Waals surface area contributed by atoms with Crippen LogP contribution in [0.15, 0.2) is 168 Å². The summed E-state index contributed by atoms with van der Waals surface area (Å²) in [6.45, 7) is 46.5. The maximum absolute atomic E-state index is 3.93. The summed E-state index contributed by atoms with van der Waals surface area (Å²) in [7, 11) is 0. The zero-order valence-corrected chi connectivity index (χ0v) is 36.1. The van der Waals surface area contributed by atoms with Crippen LogP contribution >= 0.6 is 0 Å². The minimum absolute atomic E-state index is 0.482. The first kappa shape index (κ1) is 54.1. The van der Waals surface area contributed by atoms with E-state index in [1.807, 2.05) is 24.3 Å². The lowest BCUT2D eigenvalue weighted by Gasteiger charge is -2.02. The highest BCUT2D eigenvalue weighted by atomic mass is 14.0. The van der Waals surface area contributed by atoms with Gasteiger partial charge in [-0.25, -0.2) is 0 Å². The molecule has 0 rings (SSSR count). The molecule has 0 amide bonds. The first-order valence-corrected chi connectivity index (χ1v) is 19.1. The summed E-state index contributed by atoms with van der Waals surface area (Å²) in [6.07, 6.45) is 39.7. The zero-order valence-electron chi connectivity index (χ0n) is 36.1. The summed E-state index contributed by atoms with van der Waals surface area (Å²) in [6, 6.07) is 0. The van der Waals surface area contributed by atoms with Gasteiger partial charge in [0.25, 0.3) is 0 Å². The lowest BCUT2D eigenvalue weighted by molar-refractivity contribution is 0.904. The standard InChI is InChI=1S/C20H32.C11H18.2C10H16/c1-7-18(4)12-9-14-20(6)16-10-15-19(5)13-8-11-17(2)3;1-5-11(6-2)9-7-8-10(3)4;2*1-5-10(4)8-6-7-9(2)3/h7,11,14-15H,1,4,8-10,12-13,16H2,2-3,5-6H3;5,8-9H,1,6-7H2,2-4H3;5,7-8H,1,6H2,2-4H3;5-8,10H,1H2,2-4H3/b19-15-,20-14-;11-9+;10-8+;8-6-. The van der Waals surface area contributed by atoms with E-state index in [9.17, 15) is 0 Å². The summed E-state index contributed by atoms with van der Waals surface area (Å²) in [5, 5.41) is 0. The highest BCUT2D eigenvalue weighted by Crippen LogP contribution is 2.13. The van der Waals surface area contributed by atoms with Gasteiger partial charge in [-0.2, -0.15) is 0 Å². The third kappa shape index (κ3) is 50.8. The largest absolute Gasteiger partial charge is 0.102 e. The average molecular weight is 695 g/mol. The first-order chi connectivity index (χ1) is 24.0. The molecule has 0 aromatic heterocycles. The van der Waals surface area contributed by atoms with Crippen molar-refractivity contribution in [2.45, 2.75) is 148 Å². The Hall–Kier alpha value is -3.64. The molecule has 286 valence electrons. The van der Waals surface area contributed by atoms with Gasteiger partial charge in [0, 0.05) is 0 Å². The molecule has 0 spiro atoms. The number of rotatable bonds is 20. The van der Waals surface area contributed by atoms with Gasteiger partial charge in [-0.15, -0.1) is 6.58 Å². The normalized spacial score (nSPS) is 11.9. The van der Waals surface area contributed by atoms with E-state index in [1.165, 1.54) is 63.8 Å². The smallest absolute Gasteiger partial charge is 0.00814 e. The molecule has 0 radical (unpaired) electrons. The fourth-order valence-corrected chi connectivity index (χ4v) is 3.83. The van der Waals surface area contributed by atoms with Crippen LogP contribution in [0.5, 0.6) is 0 Å². The summed E-state index contributed by atoms with van der Waals surface area (Å²) < 4.78 is 0. The van der Waals surface area contributed by atoms with E-state index >= 15 is 0 Å². The molecule has 0 N–H and O–H groups in total. The fraction of sp³-hybridized carbons (Fsp3) is 0.451. The van der Waals surface area contributed by atoms with Gasteiger partial charge >= 0.3 is 0 Å². The van der Waals surface area contributed by atoms with Crippen molar-refractivity contribution < 1.29 is 0 Å². The lowest BCUT2D eigenvalue weighted by atomic mass is 10.0. The van der Waals surface area contributed by atoms with E-state index in [-0.39, 0.29) is 0 Å². The Morgan fingerprint density at radius 3 is 1.39 bits per heavy atom. The predicted molar refractivity (Wildman–Crippen MR) is 243 cm³/mol. The SMILES string of the molecule is C=C/C(=C\CC=C(C)C)CC.C=C/C(C)=C/CC=C(C)C.C=CC(=C)CC/C=C(/C)CC/C=C(/C)CCC=C(C)C.C=CC(C)/C=C\C=C(C)C. The minimum atomic E-state index is 0.482. The third-order valence-electron chi connectivity index (χ3n) is 7.45. The van der Waals surface area contributed by atoms with E-state index in [0.29, 0.717) is 5.92 Å². The molecule has 0 heteroatoms. The van der Waals surface area contributed by atoms with Gasteiger partial charge in [0.15, 0.2) is 0 Å². The van der Waals surface area contributed by atoms with Crippen molar-refractivity contribution in [1.29, 1.82) is 0 Å². The Bertz CT molecular complexity index is 1230. The van der Waals surface area contributed by atoms with Gasteiger partial charge in [0.1, 0.15) is 0 Å². The Kier molecular flexibility index (Phi) is 41.6. The van der Waals surface area contributed by atoms with Crippen molar-refractivity contribution in [2.24, 2.45) is 5.92 Å². The Labute approximate surface area is 320 Å². The van der Waals surface area contributed by atoms with Crippen LogP contribution in [0, 0.1) is 5.92 Å². The molecule has 1 unspecified atom stereocenters. The molecule has 0 aliphatic heterocycles. The molecule has 0 heterocycles. The number of allylic oxidation sites excluding steroid dienone is 23. The van der Waals surface area contributed by atoms with Gasteiger partial charge in [-0.1, -0.05) is 175 Å². The van der Waals surface area contributed by atoms with Crippen LogP contribution in [0.3, 0.4) is 0 Å². The van der Waals surface area contributed by atoms with E-state index in [0.717, 1.165) is 44.1 Å². The molecule has 51 heavy (non-hydrogen) atoms. The average Bonchev–Trinajstić information content (AvgIpc) is 3.06. The number of hydrogen-bond donors (Lipinski definition) is 0. The van der Waals surface area contributed by atoms with Crippen LogP contribution in [-0.2, 0) is 0 Å². The molecule has 0 aliphatic carbocycles. The Balaban J connectivity index is -0.000000306. The first-order valence-electron chi connectivity index (χ1n) is 19.1. The maximum Gasteiger partial charge on any atom is -0.00814 e. The lowest BCUT2D eigenvalue weighted by Crippen LogP contribution is -1.81. The summed E-state index contributed by atoms with van der Waals surface area (Å²) in [5.41, 5.74) is 12.2.